The van der Waals surface area contributed by atoms with Gasteiger partial charge in [0.1, 0.15) is 3.70 Å². The summed E-state index contributed by atoms with van der Waals surface area (Å²) in [5, 5.41) is 0. The van der Waals surface area contributed by atoms with Gasteiger partial charge < -0.3 is 10.5 Å². The predicted octanol–water partition coefficient (Wildman–Crippen LogP) is 1.80. The molecule has 0 amide bonds. The van der Waals surface area contributed by atoms with Gasteiger partial charge in [0.25, 0.3) is 6.43 Å². The smallest absolute Gasteiger partial charge is 0.310 e. The highest BCUT2D eigenvalue weighted by molar-refractivity contribution is 14.1. The minimum absolute atomic E-state index is 0.0439. The van der Waals surface area contributed by atoms with Crippen molar-refractivity contribution in [2.75, 3.05) is 7.11 Å². The van der Waals surface area contributed by atoms with Crippen LogP contribution in [-0.4, -0.2) is 18.1 Å². The van der Waals surface area contributed by atoms with E-state index in [0.717, 1.165) is 0 Å². The fraction of sp³-hybridized carbons (Fsp3) is 0.400. The summed E-state index contributed by atoms with van der Waals surface area (Å²) in [5.74, 6) is -0.583. The van der Waals surface area contributed by atoms with Gasteiger partial charge in [0.15, 0.2) is 0 Å². The molecule has 0 atom stereocenters. The van der Waals surface area contributed by atoms with Crippen molar-refractivity contribution in [3.05, 3.63) is 26.6 Å². The summed E-state index contributed by atoms with van der Waals surface area (Å²) in [6, 6.07) is 0. The lowest BCUT2D eigenvalue weighted by atomic mass is 10.0. The molecule has 7 heteroatoms. The number of alkyl halides is 2. The molecular formula is C10H11F2IN2O2. The summed E-state index contributed by atoms with van der Waals surface area (Å²) < 4.78 is 30.8. The van der Waals surface area contributed by atoms with Crippen molar-refractivity contribution in [2.45, 2.75) is 19.4 Å². The van der Waals surface area contributed by atoms with E-state index in [4.69, 9.17) is 5.73 Å². The highest BCUT2D eigenvalue weighted by Crippen LogP contribution is 2.29. The van der Waals surface area contributed by atoms with Gasteiger partial charge in [-0.2, -0.15) is 0 Å². The molecule has 1 aromatic heterocycles. The molecule has 1 heterocycles. The van der Waals surface area contributed by atoms with Crippen molar-refractivity contribution < 1.29 is 18.3 Å². The molecule has 0 saturated carbocycles. The van der Waals surface area contributed by atoms with Gasteiger partial charge in [-0.25, -0.2) is 13.8 Å². The average Bonchev–Trinajstić information content (AvgIpc) is 2.30. The van der Waals surface area contributed by atoms with Crippen LogP contribution in [0.5, 0.6) is 0 Å². The van der Waals surface area contributed by atoms with Gasteiger partial charge in [0.05, 0.1) is 13.5 Å². The number of halogens is 3. The van der Waals surface area contributed by atoms with E-state index in [1.165, 1.54) is 13.3 Å². The van der Waals surface area contributed by atoms with E-state index in [1.807, 2.05) is 22.6 Å². The number of carbonyl (C=O) groups excluding carboxylic acids is 1. The Kier molecular flexibility index (Phi) is 5.19. The van der Waals surface area contributed by atoms with Crippen LogP contribution in [-0.2, 0) is 22.5 Å². The van der Waals surface area contributed by atoms with Crippen LogP contribution < -0.4 is 5.73 Å². The average molecular weight is 356 g/mol. The van der Waals surface area contributed by atoms with Crippen LogP contribution in [0.4, 0.5) is 8.78 Å². The minimum atomic E-state index is -2.69. The minimum Gasteiger partial charge on any atom is -0.469 e. The van der Waals surface area contributed by atoms with E-state index in [2.05, 4.69) is 9.72 Å². The molecule has 0 radical (unpaired) electrons. The topological polar surface area (TPSA) is 65.2 Å². The molecule has 17 heavy (non-hydrogen) atoms. The molecule has 0 spiro atoms. The first-order chi connectivity index (χ1) is 8.01. The molecule has 94 valence electrons. The van der Waals surface area contributed by atoms with Gasteiger partial charge in [-0.3, -0.25) is 4.79 Å². The van der Waals surface area contributed by atoms with Crippen molar-refractivity contribution in [3.63, 3.8) is 0 Å². The molecule has 2 N–H and O–H groups in total. The van der Waals surface area contributed by atoms with Crippen LogP contribution in [0.15, 0.2) is 6.20 Å². The molecular weight excluding hydrogens is 345 g/mol. The monoisotopic (exact) mass is 356 g/mol. The molecule has 0 unspecified atom stereocenters. The van der Waals surface area contributed by atoms with E-state index in [0.29, 0.717) is 3.70 Å². The Morgan fingerprint density at radius 2 is 2.29 bits per heavy atom. The highest BCUT2D eigenvalue weighted by Gasteiger charge is 2.22. The van der Waals surface area contributed by atoms with Crippen molar-refractivity contribution in [1.82, 2.24) is 4.98 Å². The molecule has 4 nitrogen and oxygen atoms in total. The second-order valence-corrected chi connectivity index (χ2v) is 4.25. The number of nitrogens with zero attached hydrogens (tertiary/aromatic N) is 1. The fourth-order valence-corrected chi connectivity index (χ4v) is 2.03. The zero-order valence-electron chi connectivity index (χ0n) is 9.04. The maximum absolute atomic E-state index is 13.0. The summed E-state index contributed by atoms with van der Waals surface area (Å²) in [6.07, 6.45) is -1.61. The second-order valence-electron chi connectivity index (χ2n) is 3.22. The number of hydrogen-bond acceptors (Lipinski definition) is 4. The first kappa shape index (κ1) is 14.2. The van der Waals surface area contributed by atoms with E-state index in [9.17, 15) is 13.6 Å². The Bertz CT molecular complexity index is 427. The zero-order chi connectivity index (χ0) is 13.0. The van der Waals surface area contributed by atoms with Crippen molar-refractivity contribution >= 4 is 28.6 Å². The Labute approximate surface area is 111 Å². The summed E-state index contributed by atoms with van der Waals surface area (Å²) in [6.45, 7) is -0.0439. The lowest BCUT2D eigenvalue weighted by Gasteiger charge is -2.13. The van der Waals surface area contributed by atoms with Crippen LogP contribution in [0, 0.1) is 3.70 Å². The third-order valence-electron chi connectivity index (χ3n) is 2.24. The first-order valence-electron chi connectivity index (χ1n) is 4.72. The highest BCUT2D eigenvalue weighted by atomic mass is 127. The quantitative estimate of drug-likeness (QED) is 0.508. The summed E-state index contributed by atoms with van der Waals surface area (Å²) in [7, 11) is 1.21. The summed E-state index contributed by atoms with van der Waals surface area (Å²) >= 11 is 1.81. The van der Waals surface area contributed by atoms with Crippen LogP contribution in [0.25, 0.3) is 0 Å². The Morgan fingerprint density at radius 3 is 2.76 bits per heavy atom. The third-order valence-corrected chi connectivity index (χ3v) is 3.17. The van der Waals surface area contributed by atoms with Gasteiger partial charge in [-0.15, -0.1) is 0 Å². The molecule has 0 saturated heterocycles. The molecule has 1 aromatic rings. The van der Waals surface area contributed by atoms with Gasteiger partial charge in [0.2, 0.25) is 0 Å². The third kappa shape index (κ3) is 3.32. The molecule has 1 rings (SSSR count). The molecule has 0 fully saturated rings. The first-order valence-corrected chi connectivity index (χ1v) is 5.80. The van der Waals surface area contributed by atoms with Crippen molar-refractivity contribution in [1.29, 1.82) is 0 Å². The molecule has 0 aliphatic rings. The Balaban J connectivity index is 3.28. The normalized spacial score (nSPS) is 10.7. The van der Waals surface area contributed by atoms with Crippen LogP contribution >= 0.6 is 22.6 Å². The van der Waals surface area contributed by atoms with Gasteiger partial charge in [0, 0.05) is 23.9 Å². The number of pyridine rings is 1. The van der Waals surface area contributed by atoms with E-state index < -0.39 is 12.4 Å². The van der Waals surface area contributed by atoms with Crippen molar-refractivity contribution in [2.24, 2.45) is 5.73 Å². The largest absolute Gasteiger partial charge is 0.469 e. The Hall–Kier alpha value is -0.830. The van der Waals surface area contributed by atoms with Gasteiger partial charge in [-0.05, 0) is 28.2 Å². The number of nitrogens with two attached hydrogens (primary N) is 1. The molecule has 0 bridgehead atoms. The number of carbonyl (C=O) groups is 1. The number of rotatable bonds is 4. The van der Waals surface area contributed by atoms with Gasteiger partial charge in [-0.1, -0.05) is 0 Å². The van der Waals surface area contributed by atoms with Crippen molar-refractivity contribution in [3.8, 4) is 0 Å². The van der Waals surface area contributed by atoms with Crippen LogP contribution in [0.1, 0.15) is 23.1 Å². The lowest BCUT2D eigenvalue weighted by molar-refractivity contribution is -0.139. The SMILES string of the molecule is COC(=O)Cc1c(I)ncc(CN)c1C(F)F. The standard InChI is InChI=1S/C10H11F2IN2O2/c1-17-7(16)2-6-8(9(11)12)5(3-14)4-15-10(6)13/h4,9H,2-3,14H2,1H3. The zero-order valence-corrected chi connectivity index (χ0v) is 11.2. The lowest BCUT2D eigenvalue weighted by Crippen LogP contribution is -2.13. The number of ether oxygens (including phenoxy) is 1. The maximum Gasteiger partial charge on any atom is 0.310 e. The van der Waals surface area contributed by atoms with Crippen LogP contribution in [0.3, 0.4) is 0 Å². The maximum atomic E-state index is 13.0. The van der Waals surface area contributed by atoms with Crippen LogP contribution in [0.2, 0.25) is 0 Å². The van der Waals surface area contributed by atoms with E-state index >= 15 is 0 Å². The number of hydrogen-bond donors (Lipinski definition) is 1. The number of methoxy groups -OCH3 is 1. The molecule has 0 aliphatic carbocycles. The predicted molar refractivity (Wildman–Crippen MR) is 65.5 cm³/mol. The second kappa shape index (κ2) is 6.20. The summed E-state index contributed by atoms with van der Waals surface area (Å²) in [5.41, 5.74) is 5.61. The van der Waals surface area contributed by atoms with E-state index in [-0.39, 0.29) is 29.7 Å². The molecule has 0 aromatic carbocycles. The molecule has 0 aliphatic heterocycles. The number of esters is 1. The van der Waals surface area contributed by atoms with Gasteiger partial charge >= 0.3 is 5.97 Å². The Morgan fingerprint density at radius 1 is 1.65 bits per heavy atom. The van der Waals surface area contributed by atoms with E-state index in [1.54, 1.807) is 0 Å². The number of aromatic nitrogens is 1. The fourth-order valence-electron chi connectivity index (χ4n) is 1.41. The summed E-state index contributed by atoms with van der Waals surface area (Å²) in [4.78, 5) is 15.1.